The number of aromatic nitrogens is 2. The molecule has 1 N–H and O–H groups in total. The van der Waals surface area contributed by atoms with Crippen LogP contribution in [-0.2, 0) is 13.5 Å². The second-order valence-electron chi connectivity index (χ2n) is 0.761. The van der Waals surface area contributed by atoms with Crippen LogP contribution in [0.2, 0.25) is 0 Å². The van der Waals surface area contributed by atoms with Crippen molar-refractivity contribution in [3.63, 3.8) is 0 Å². The Labute approximate surface area is 43.1 Å². The summed E-state index contributed by atoms with van der Waals surface area (Å²) in [5.74, 6) is 0. The molecular weight excluding hydrogens is 96.1 g/mol. The van der Waals surface area contributed by atoms with E-state index in [0.717, 1.165) is 0 Å². The van der Waals surface area contributed by atoms with E-state index in [1.165, 1.54) is 0 Å². The van der Waals surface area contributed by atoms with E-state index in [2.05, 4.69) is 9.97 Å². The molecule has 2 nitrogen and oxygen atoms in total. The number of rotatable bonds is 0. The topological polar surface area (TPSA) is 28.7 Å². The summed E-state index contributed by atoms with van der Waals surface area (Å²) < 4.78 is 0. The first kappa shape index (κ1) is 5.56. The van der Waals surface area contributed by atoms with Gasteiger partial charge >= 0.3 is 0 Å². The van der Waals surface area contributed by atoms with E-state index >= 15 is 0 Å². The highest BCUT2D eigenvalue weighted by Crippen LogP contribution is 1.62. The Kier molecular flexibility index (Phi) is 2.58. The molecular formula is C3H5N2S-. The third kappa shape index (κ3) is 1.12. The normalized spacial score (nSPS) is 6.67. The predicted molar refractivity (Wildman–Crippen MR) is 27.3 cm³/mol. The molecule has 1 aromatic rings. The lowest BCUT2D eigenvalue weighted by Crippen LogP contribution is -1.44. The molecule has 0 radical (unpaired) electrons. The molecule has 0 aromatic carbocycles. The first-order chi connectivity index (χ1) is 2.50. The lowest BCUT2D eigenvalue weighted by molar-refractivity contribution is 1.31. The largest absolute Gasteiger partial charge is 0.813 e. The maximum atomic E-state index is 3.67. The number of H-pyrrole nitrogens is 1. The van der Waals surface area contributed by atoms with E-state index in [1.807, 2.05) is 0 Å². The van der Waals surface area contributed by atoms with Crippen molar-refractivity contribution >= 4 is 13.5 Å². The molecule has 3 heteroatoms. The molecule has 0 saturated carbocycles. The summed E-state index contributed by atoms with van der Waals surface area (Å²) in [4.78, 5) is 6.42. The third-order valence-corrected chi connectivity index (χ3v) is 0.406. The average molecular weight is 101 g/mol. The summed E-state index contributed by atoms with van der Waals surface area (Å²) in [6.07, 6.45) is 5.08. The van der Waals surface area contributed by atoms with Gasteiger partial charge in [-0.2, -0.15) is 0 Å². The average Bonchev–Trinajstić information content (AvgIpc) is 1.76. The quantitative estimate of drug-likeness (QED) is 0.372. The van der Waals surface area contributed by atoms with Crippen LogP contribution in [0.1, 0.15) is 0 Å². The Hall–Kier alpha value is -0.440. The summed E-state index contributed by atoms with van der Waals surface area (Å²) >= 11 is 0. The SMILES string of the molecule is [SH-].c1c[nH]cn1. The fourth-order valence-corrected chi connectivity index (χ4v) is 0.215. The van der Waals surface area contributed by atoms with Gasteiger partial charge in [0, 0.05) is 12.4 Å². The van der Waals surface area contributed by atoms with Crippen LogP contribution in [0.4, 0.5) is 0 Å². The summed E-state index contributed by atoms with van der Waals surface area (Å²) in [5, 5.41) is 0. The second-order valence-corrected chi connectivity index (χ2v) is 0.761. The first-order valence-corrected chi connectivity index (χ1v) is 1.43. The van der Waals surface area contributed by atoms with Crippen LogP contribution >= 0.6 is 0 Å². The van der Waals surface area contributed by atoms with Crippen molar-refractivity contribution in [3.05, 3.63) is 18.7 Å². The molecule has 1 heterocycles. The van der Waals surface area contributed by atoms with Crippen molar-refractivity contribution in [2.75, 3.05) is 0 Å². The summed E-state index contributed by atoms with van der Waals surface area (Å²) in [6.45, 7) is 0. The molecule has 0 saturated heterocycles. The Morgan fingerprint density at radius 2 is 2.33 bits per heavy atom. The zero-order valence-electron chi connectivity index (χ0n) is 3.13. The number of aromatic amines is 1. The summed E-state index contributed by atoms with van der Waals surface area (Å²) in [6, 6.07) is 0. The second kappa shape index (κ2) is 2.78. The van der Waals surface area contributed by atoms with Crippen LogP contribution in [-0.4, -0.2) is 9.97 Å². The molecule has 0 atom stereocenters. The standard InChI is InChI=1S/C3H4N2.H2S/c1-2-5-3-4-1;/h1-3H,(H,4,5);1H2/p-1. The molecule has 0 aliphatic carbocycles. The molecule has 1 aromatic heterocycles. The fraction of sp³-hybridized carbons (Fsp3) is 0. The van der Waals surface area contributed by atoms with Crippen LogP contribution < -0.4 is 0 Å². The van der Waals surface area contributed by atoms with E-state index in [0.29, 0.717) is 0 Å². The number of hydrogen-bond acceptors (Lipinski definition) is 2. The van der Waals surface area contributed by atoms with Gasteiger partial charge in [0.05, 0.1) is 6.33 Å². The van der Waals surface area contributed by atoms with Gasteiger partial charge in [0.2, 0.25) is 0 Å². The van der Waals surface area contributed by atoms with Gasteiger partial charge in [-0.3, -0.25) is 0 Å². The van der Waals surface area contributed by atoms with Crippen LogP contribution in [0.5, 0.6) is 0 Å². The summed E-state index contributed by atoms with van der Waals surface area (Å²) in [5.41, 5.74) is 0. The highest BCUT2D eigenvalue weighted by molar-refractivity contribution is 7.37. The van der Waals surface area contributed by atoms with Crippen LogP contribution in [0.3, 0.4) is 0 Å². The number of hydrogen-bond donors (Lipinski definition) is 1. The van der Waals surface area contributed by atoms with Crippen molar-refractivity contribution in [3.8, 4) is 0 Å². The van der Waals surface area contributed by atoms with Crippen LogP contribution in [0.25, 0.3) is 0 Å². The zero-order valence-corrected chi connectivity index (χ0v) is 4.02. The van der Waals surface area contributed by atoms with Crippen LogP contribution in [0.15, 0.2) is 18.7 Å². The lowest BCUT2D eigenvalue weighted by atomic mass is 11.0. The highest BCUT2D eigenvalue weighted by atomic mass is 32.1. The van der Waals surface area contributed by atoms with Crippen molar-refractivity contribution in [2.24, 2.45) is 0 Å². The Morgan fingerprint density at radius 3 is 2.50 bits per heavy atom. The molecule has 0 spiro atoms. The molecule has 6 heavy (non-hydrogen) atoms. The molecule has 1 rings (SSSR count). The fourth-order valence-electron chi connectivity index (χ4n) is 0.215. The smallest absolute Gasteiger partial charge is 0.0919 e. The molecule has 0 aliphatic rings. The molecule has 0 unspecified atom stereocenters. The molecule has 0 aliphatic heterocycles. The minimum absolute atomic E-state index is 0. The van der Waals surface area contributed by atoms with Crippen molar-refractivity contribution in [1.82, 2.24) is 9.97 Å². The molecule has 0 bridgehead atoms. The molecule has 0 fully saturated rings. The van der Waals surface area contributed by atoms with Gasteiger partial charge in [-0.25, -0.2) is 4.98 Å². The van der Waals surface area contributed by atoms with E-state index in [4.69, 9.17) is 0 Å². The third-order valence-electron chi connectivity index (χ3n) is 0.406. The van der Waals surface area contributed by atoms with Gasteiger partial charge in [-0.05, 0) is 0 Å². The van der Waals surface area contributed by atoms with E-state index in [-0.39, 0.29) is 13.5 Å². The predicted octanol–water partition coefficient (Wildman–Crippen LogP) is 0.140. The van der Waals surface area contributed by atoms with Gasteiger partial charge in [-0.15, -0.1) is 0 Å². The van der Waals surface area contributed by atoms with Gasteiger partial charge in [0.1, 0.15) is 0 Å². The zero-order chi connectivity index (χ0) is 3.54. The van der Waals surface area contributed by atoms with Gasteiger partial charge < -0.3 is 18.5 Å². The number of imidazole rings is 1. The van der Waals surface area contributed by atoms with E-state index < -0.39 is 0 Å². The maximum Gasteiger partial charge on any atom is 0.0919 e. The highest BCUT2D eigenvalue weighted by Gasteiger charge is 1.56. The van der Waals surface area contributed by atoms with Gasteiger partial charge in [-0.1, -0.05) is 0 Å². The Morgan fingerprint density at radius 1 is 1.50 bits per heavy atom. The van der Waals surface area contributed by atoms with Gasteiger partial charge in [0.15, 0.2) is 0 Å². The maximum absolute atomic E-state index is 3.67. The van der Waals surface area contributed by atoms with Crippen molar-refractivity contribution < 1.29 is 0 Å². The van der Waals surface area contributed by atoms with Crippen molar-refractivity contribution in [1.29, 1.82) is 0 Å². The monoisotopic (exact) mass is 101 g/mol. The Bertz CT molecular complexity index is 65.3. The molecule has 34 valence electrons. The number of nitrogens with zero attached hydrogens (tertiary/aromatic N) is 1. The minimum Gasteiger partial charge on any atom is -0.813 e. The van der Waals surface area contributed by atoms with E-state index in [9.17, 15) is 0 Å². The van der Waals surface area contributed by atoms with Crippen molar-refractivity contribution in [2.45, 2.75) is 0 Å². The minimum atomic E-state index is 0. The summed E-state index contributed by atoms with van der Waals surface area (Å²) in [7, 11) is 0. The Balaban J connectivity index is 0.000000250. The number of thiol groups is 1. The first-order valence-electron chi connectivity index (χ1n) is 1.43. The van der Waals surface area contributed by atoms with Crippen LogP contribution in [0, 0.1) is 0 Å². The number of nitrogens with one attached hydrogen (secondary N) is 1. The van der Waals surface area contributed by atoms with E-state index in [1.54, 1.807) is 18.7 Å². The molecule has 0 amide bonds. The lowest BCUT2D eigenvalue weighted by Gasteiger charge is -1.46. The van der Waals surface area contributed by atoms with Gasteiger partial charge in [0.25, 0.3) is 0 Å².